The molecule has 0 atom stereocenters. The third-order valence-electron chi connectivity index (χ3n) is 6.83. The van der Waals surface area contributed by atoms with E-state index in [0.717, 1.165) is 17.6 Å². The Morgan fingerprint density at radius 3 is 2.15 bits per heavy atom. The van der Waals surface area contributed by atoms with Gasteiger partial charge in [0.1, 0.15) is 12.4 Å². The lowest BCUT2D eigenvalue weighted by Crippen LogP contribution is -2.47. The summed E-state index contributed by atoms with van der Waals surface area (Å²) in [6, 6.07) is 19.0. The lowest BCUT2D eigenvalue weighted by molar-refractivity contribution is -0.138. The van der Waals surface area contributed by atoms with Crippen LogP contribution in [0.1, 0.15) is 37.5 Å². The molecule has 1 N–H and O–H groups in total. The van der Waals surface area contributed by atoms with E-state index >= 15 is 0 Å². The van der Waals surface area contributed by atoms with Gasteiger partial charge in [-0.15, -0.1) is 0 Å². The van der Waals surface area contributed by atoms with E-state index in [-0.39, 0.29) is 29.5 Å². The van der Waals surface area contributed by atoms with Gasteiger partial charge in [0.2, 0.25) is 11.9 Å². The summed E-state index contributed by atoms with van der Waals surface area (Å²) in [5, 5.41) is 3.20. The van der Waals surface area contributed by atoms with Crippen molar-refractivity contribution >= 4 is 23.4 Å². The van der Waals surface area contributed by atoms with Crippen LogP contribution in [0.15, 0.2) is 72.9 Å². The van der Waals surface area contributed by atoms with E-state index in [1.165, 1.54) is 17.7 Å². The first-order valence-corrected chi connectivity index (χ1v) is 13.4. The minimum Gasteiger partial charge on any atom is -0.458 e. The number of piperazine rings is 1. The van der Waals surface area contributed by atoms with E-state index in [9.17, 15) is 13.2 Å². The largest absolute Gasteiger partial charge is 0.458 e. The molecule has 214 valence electrons. The van der Waals surface area contributed by atoms with Crippen LogP contribution >= 0.6 is 0 Å². The number of alkyl halides is 3. The first-order valence-electron chi connectivity index (χ1n) is 13.4. The van der Waals surface area contributed by atoms with E-state index in [1.54, 1.807) is 12.3 Å². The fourth-order valence-electron chi connectivity index (χ4n) is 4.53. The highest BCUT2D eigenvalue weighted by Gasteiger charge is 2.33. The van der Waals surface area contributed by atoms with Crippen molar-refractivity contribution in [3.8, 4) is 6.01 Å². The number of hydrogen-bond donors (Lipinski definition) is 1. The molecule has 0 unspecified atom stereocenters. The van der Waals surface area contributed by atoms with Crippen LogP contribution in [0.3, 0.4) is 0 Å². The molecule has 1 fully saturated rings. The second kappa shape index (κ2) is 11.6. The van der Waals surface area contributed by atoms with Crippen molar-refractivity contribution in [2.24, 2.45) is 0 Å². The highest BCUT2D eigenvalue weighted by atomic mass is 19.4. The van der Waals surface area contributed by atoms with Gasteiger partial charge in [-0.25, -0.2) is 4.98 Å². The summed E-state index contributed by atoms with van der Waals surface area (Å²) in [5.74, 6) is 1.52. The molecular formula is C30H32F3N7O. The zero-order valence-electron chi connectivity index (χ0n) is 23.2. The predicted molar refractivity (Wildman–Crippen MR) is 153 cm³/mol. The number of pyridine rings is 1. The van der Waals surface area contributed by atoms with Gasteiger partial charge in [0.15, 0.2) is 0 Å². The third-order valence-corrected chi connectivity index (χ3v) is 6.83. The van der Waals surface area contributed by atoms with Gasteiger partial charge in [-0.1, -0.05) is 57.2 Å². The maximum Gasteiger partial charge on any atom is 0.416 e. The standard InChI is InChI=1S/C30H32F3N7O/c1-29(2,3)22-11-13-23(14-12-22)35-26-36-27(40-18-16-39(17-19-40)25-10-6-7-15-34-25)38-28(37-26)41-20-21-8-4-5-9-24(21)30(31,32)33/h4-15H,16-20H2,1-3H3,(H,35,36,37,38). The SMILES string of the molecule is CC(C)(C)c1ccc(Nc2nc(OCc3ccccc3C(F)(F)F)nc(N3CCN(c4ccccn4)CC3)n2)cc1. The van der Waals surface area contributed by atoms with Crippen molar-refractivity contribution in [1.29, 1.82) is 0 Å². The molecule has 0 saturated carbocycles. The molecule has 0 amide bonds. The first-order chi connectivity index (χ1) is 19.6. The summed E-state index contributed by atoms with van der Waals surface area (Å²) in [7, 11) is 0. The second-order valence-corrected chi connectivity index (χ2v) is 10.8. The molecule has 41 heavy (non-hydrogen) atoms. The summed E-state index contributed by atoms with van der Waals surface area (Å²) in [5.41, 5.74) is 1.20. The molecule has 4 aromatic rings. The first kappa shape index (κ1) is 28.1. The Hall–Kier alpha value is -4.41. The molecule has 11 heteroatoms. The van der Waals surface area contributed by atoms with E-state index in [0.29, 0.717) is 32.1 Å². The normalized spacial score (nSPS) is 14.2. The molecule has 3 heterocycles. The average molecular weight is 564 g/mol. The van der Waals surface area contributed by atoms with Gasteiger partial charge in [0.05, 0.1) is 5.56 Å². The summed E-state index contributed by atoms with van der Waals surface area (Å²) in [6.45, 7) is 8.73. The van der Waals surface area contributed by atoms with Gasteiger partial charge < -0.3 is 19.9 Å². The maximum atomic E-state index is 13.5. The van der Waals surface area contributed by atoms with Gasteiger partial charge in [0, 0.05) is 43.6 Å². The van der Waals surface area contributed by atoms with Gasteiger partial charge in [-0.2, -0.15) is 28.1 Å². The Balaban J connectivity index is 1.38. The van der Waals surface area contributed by atoms with Crippen LogP contribution in [0, 0.1) is 0 Å². The lowest BCUT2D eigenvalue weighted by Gasteiger charge is -2.35. The number of benzene rings is 2. The molecule has 2 aromatic heterocycles. The van der Waals surface area contributed by atoms with Gasteiger partial charge in [-0.3, -0.25) is 0 Å². The Morgan fingerprint density at radius 2 is 1.49 bits per heavy atom. The van der Waals surface area contributed by atoms with Crippen molar-refractivity contribution in [2.75, 3.05) is 41.3 Å². The van der Waals surface area contributed by atoms with E-state index < -0.39 is 11.7 Å². The van der Waals surface area contributed by atoms with E-state index in [1.807, 2.05) is 47.4 Å². The van der Waals surface area contributed by atoms with Crippen LogP contribution in [0.2, 0.25) is 0 Å². The summed E-state index contributed by atoms with van der Waals surface area (Å²) >= 11 is 0. The van der Waals surface area contributed by atoms with Crippen molar-refractivity contribution in [3.63, 3.8) is 0 Å². The fraction of sp³-hybridized carbons (Fsp3) is 0.333. The summed E-state index contributed by atoms with van der Waals surface area (Å²) in [4.78, 5) is 22.1. The fourth-order valence-corrected chi connectivity index (χ4v) is 4.53. The van der Waals surface area contributed by atoms with Crippen LogP contribution in [0.5, 0.6) is 6.01 Å². The summed E-state index contributed by atoms with van der Waals surface area (Å²) < 4.78 is 46.3. The average Bonchev–Trinajstić information content (AvgIpc) is 2.96. The molecule has 1 aliphatic heterocycles. The van der Waals surface area contributed by atoms with Crippen molar-refractivity contribution < 1.29 is 17.9 Å². The number of ether oxygens (including phenoxy) is 1. The van der Waals surface area contributed by atoms with E-state index in [4.69, 9.17) is 4.74 Å². The molecule has 0 bridgehead atoms. The molecule has 0 aliphatic carbocycles. The molecule has 0 spiro atoms. The monoisotopic (exact) mass is 563 g/mol. The third kappa shape index (κ3) is 7.03. The molecule has 8 nitrogen and oxygen atoms in total. The van der Waals surface area contributed by atoms with Crippen molar-refractivity contribution in [2.45, 2.75) is 39.0 Å². The number of nitrogens with zero attached hydrogens (tertiary/aromatic N) is 6. The smallest absolute Gasteiger partial charge is 0.416 e. The minimum atomic E-state index is -4.50. The van der Waals surface area contributed by atoms with Gasteiger partial charge >= 0.3 is 12.2 Å². The Kier molecular flexibility index (Phi) is 7.96. The highest BCUT2D eigenvalue weighted by molar-refractivity contribution is 5.56. The Morgan fingerprint density at radius 1 is 0.805 bits per heavy atom. The maximum absolute atomic E-state index is 13.5. The van der Waals surface area contributed by atoms with Gasteiger partial charge in [-0.05, 0) is 41.3 Å². The topological polar surface area (TPSA) is 79.3 Å². The van der Waals surface area contributed by atoms with E-state index in [2.05, 4.69) is 50.9 Å². The second-order valence-electron chi connectivity index (χ2n) is 10.8. The zero-order valence-corrected chi connectivity index (χ0v) is 23.2. The number of aromatic nitrogens is 4. The number of hydrogen-bond acceptors (Lipinski definition) is 8. The van der Waals surface area contributed by atoms with Crippen LogP contribution < -0.4 is 19.9 Å². The number of halogens is 3. The number of rotatable bonds is 7. The Labute approximate surface area is 237 Å². The number of nitrogens with one attached hydrogen (secondary N) is 1. The van der Waals surface area contributed by atoms with Crippen molar-refractivity contribution in [3.05, 3.63) is 89.6 Å². The van der Waals surface area contributed by atoms with Crippen molar-refractivity contribution in [1.82, 2.24) is 19.9 Å². The Bertz CT molecular complexity index is 1450. The molecule has 2 aromatic carbocycles. The predicted octanol–water partition coefficient (Wildman–Crippen LogP) is 6.23. The minimum absolute atomic E-state index is 0.00165. The van der Waals surface area contributed by atoms with Gasteiger partial charge in [0.25, 0.3) is 0 Å². The molecule has 1 saturated heterocycles. The van der Waals surface area contributed by atoms with Crippen LogP contribution in [0.25, 0.3) is 0 Å². The highest BCUT2D eigenvalue weighted by Crippen LogP contribution is 2.32. The van der Waals surface area contributed by atoms with Crippen LogP contribution in [-0.2, 0) is 18.2 Å². The summed E-state index contributed by atoms with van der Waals surface area (Å²) in [6.07, 6.45) is -2.73. The molecule has 1 aliphatic rings. The lowest BCUT2D eigenvalue weighted by atomic mass is 9.87. The quantitative estimate of drug-likeness (QED) is 0.284. The van der Waals surface area contributed by atoms with Crippen LogP contribution in [-0.4, -0.2) is 46.1 Å². The number of anilines is 4. The zero-order chi connectivity index (χ0) is 29.0. The molecule has 5 rings (SSSR count). The molecule has 0 radical (unpaired) electrons. The molecular weight excluding hydrogens is 531 g/mol. The van der Waals surface area contributed by atoms with Crippen LogP contribution in [0.4, 0.5) is 36.6 Å².